The molecule has 1 aromatic rings. The maximum atomic E-state index is 12.7. The quantitative estimate of drug-likeness (QED) is 0.908. The summed E-state index contributed by atoms with van der Waals surface area (Å²) in [5.41, 5.74) is 2.27. The molecule has 0 aromatic heterocycles. The molecule has 6 heteroatoms. The van der Waals surface area contributed by atoms with Crippen LogP contribution in [0.5, 0.6) is 0 Å². The van der Waals surface area contributed by atoms with Crippen LogP contribution in [0.1, 0.15) is 24.0 Å². The van der Waals surface area contributed by atoms with Gasteiger partial charge in [0.05, 0.1) is 19.1 Å². The molecule has 136 valence electrons. The molecule has 2 aliphatic heterocycles. The van der Waals surface area contributed by atoms with Crippen LogP contribution in [0.3, 0.4) is 0 Å². The van der Waals surface area contributed by atoms with Crippen LogP contribution in [-0.4, -0.2) is 61.1 Å². The molecular formula is C19H27N3O3. The van der Waals surface area contributed by atoms with E-state index in [0.717, 1.165) is 18.4 Å². The Hall–Kier alpha value is -2.08. The van der Waals surface area contributed by atoms with Crippen LogP contribution in [0, 0.1) is 12.8 Å². The van der Waals surface area contributed by atoms with Crippen LogP contribution in [-0.2, 0) is 16.1 Å². The van der Waals surface area contributed by atoms with Crippen LogP contribution in [0.2, 0.25) is 0 Å². The monoisotopic (exact) mass is 345 g/mol. The smallest absolute Gasteiger partial charge is 0.317 e. The summed E-state index contributed by atoms with van der Waals surface area (Å²) in [6, 6.07) is 8.03. The second kappa shape index (κ2) is 8.34. The van der Waals surface area contributed by atoms with Gasteiger partial charge in [0.25, 0.3) is 0 Å². The molecule has 6 nitrogen and oxygen atoms in total. The van der Waals surface area contributed by atoms with E-state index in [4.69, 9.17) is 4.74 Å². The fourth-order valence-electron chi connectivity index (χ4n) is 3.52. The van der Waals surface area contributed by atoms with Gasteiger partial charge in [-0.2, -0.15) is 0 Å². The van der Waals surface area contributed by atoms with Crippen molar-refractivity contribution < 1.29 is 14.3 Å². The number of benzene rings is 1. The molecule has 2 fully saturated rings. The number of urea groups is 1. The highest BCUT2D eigenvalue weighted by molar-refractivity contribution is 5.81. The van der Waals surface area contributed by atoms with Crippen molar-refractivity contribution in [2.45, 2.75) is 26.3 Å². The van der Waals surface area contributed by atoms with E-state index in [0.29, 0.717) is 45.9 Å². The number of aryl methyl sites for hydroxylation is 1. The molecule has 0 bridgehead atoms. The van der Waals surface area contributed by atoms with Crippen molar-refractivity contribution in [1.82, 2.24) is 15.1 Å². The van der Waals surface area contributed by atoms with E-state index in [-0.39, 0.29) is 17.9 Å². The van der Waals surface area contributed by atoms with Crippen LogP contribution < -0.4 is 5.32 Å². The number of hydrogen-bond acceptors (Lipinski definition) is 3. The number of likely N-dealkylation sites (tertiary alicyclic amines) is 1. The average molecular weight is 345 g/mol. The lowest BCUT2D eigenvalue weighted by molar-refractivity contribution is -0.141. The van der Waals surface area contributed by atoms with E-state index in [9.17, 15) is 9.59 Å². The first kappa shape index (κ1) is 17.7. The summed E-state index contributed by atoms with van der Waals surface area (Å²) in [6.45, 7) is 6.32. The zero-order valence-corrected chi connectivity index (χ0v) is 14.9. The molecule has 1 aromatic carbocycles. The van der Waals surface area contributed by atoms with Gasteiger partial charge in [0.15, 0.2) is 0 Å². The lowest BCUT2D eigenvalue weighted by Gasteiger charge is -2.36. The Kier molecular flexibility index (Phi) is 5.91. The molecule has 0 saturated carbocycles. The second-order valence-corrected chi connectivity index (χ2v) is 6.87. The van der Waals surface area contributed by atoms with E-state index in [2.05, 4.69) is 11.4 Å². The summed E-state index contributed by atoms with van der Waals surface area (Å²) < 4.78 is 5.31. The highest BCUT2D eigenvalue weighted by Gasteiger charge is 2.31. The second-order valence-electron chi connectivity index (χ2n) is 6.87. The van der Waals surface area contributed by atoms with Crippen molar-refractivity contribution in [2.75, 3.05) is 39.4 Å². The maximum absolute atomic E-state index is 12.7. The molecule has 2 aliphatic rings. The largest absolute Gasteiger partial charge is 0.378 e. The van der Waals surface area contributed by atoms with Crippen LogP contribution in [0.25, 0.3) is 0 Å². The molecule has 3 amide bonds. The molecule has 2 heterocycles. The average Bonchev–Trinajstić information content (AvgIpc) is 2.66. The van der Waals surface area contributed by atoms with Gasteiger partial charge >= 0.3 is 6.03 Å². The summed E-state index contributed by atoms with van der Waals surface area (Å²) in [6.07, 6.45) is 1.73. The number of piperidine rings is 1. The lowest BCUT2D eigenvalue weighted by atomic mass is 9.96. The fraction of sp³-hybridized carbons (Fsp3) is 0.579. The van der Waals surface area contributed by atoms with Crippen molar-refractivity contribution in [2.24, 2.45) is 5.92 Å². The number of ether oxygens (including phenoxy) is 1. The van der Waals surface area contributed by atoms with Gasteiger partial charge in [-0.15, -0.1) is 0 Å². The van der Waals surface area contributed by atoms with Gasteiger partial charge in [-0.3, -0.25) is 4.79 Å². The Morgan fingerprint density at radius 1 is 1.20 bits per heavy atom. The number of nitrogens with zero attached hydrogens (tertiary/aromatic N) is 2. The van der Waals surface area contributed by atoms with E-state index < -0.39 is 0 Å². The normalized spacial score (nSPS) is 21.1. The number of hydrogen-bond donors (Lipinski definition) is 1. The van der Waals surface area contributed by atoms with Crippen molar-refractivity contribution in [3.05, 3.63) is 35.4 Å². The first-order chi connectivity index (χ1) is 12.1. The number of nitrogens with one attached hydrogen (secondary N) is 1. The number of carbonyl (C=O) groups excluding carboxylic acids is 2. The van der Waals surface area contributed by atoms with Crippen molar-refractivity contribution in [3.63, 3.8) is 0 Å². The SMILES string of the molecule is Cc1cccc(CNC(=O)N2CCCC(C(=O)N3CCOCC3)C2)c1. The van der Waals surface area contributed by atoms with Gasteiger partial charge in [-0.05, 0) is 25.3 Å². The summed E-state index contributed by atoms with van der Waals surface area (Å²) in [5, 5.41) is 2.98. The third kappa shape index (κ3) is 4.72. The number of carbonyl (C=O) groups is 2. The van der Waals surface area contributed by atoms with Gasteiger partial charge in [0.2, 0.25) is 5.91 Å². The molecule has 3 rings (SSSR count). The Morgan fingerprint density at radius 3 is 2.76 bits per heavy atom. The Labute approximate surface area is 149 Å². The van der Waals surface area contributed by atoms with E-state index in [1.807, 2.05) is 30.0 Å². The van der Waals surface area contributed by atoms with Crippen LogP contribution >= 0.6 is 0 Å². The number of amides is 3. The highest BCUT2D eigenvalue weighted by atomic mass is 16.5. The standard InChI is InChI=1S/C19H27N3O3/c1-15-4-2-5-16(12-15)13-20-19(24)22-7-3-6-17(14-22)18(23)21-8-10-25-11-9-21/h2,4-5,12,17H,3,6-11,13-14H2,1H3,(H,20,24). The van der Waals surface area contributed by atoms with Gasteiger partial charge in [0, 0.05) is 32.7 Å². The number of morpholine rings is 1. The molecule has 1 unspecified atom stereocenters. The predicted octanol–water partition coefficient (Wildman–Crippen LogP) is 1.78. The van der Waals surface area contributed by atoms with Gasteiger partial charge in [0.1, 0.15) is 0 Å². The Bertz CT molecular complexity index is 614. The molecule has 1 N–H and O–H groups in total. The third-order valence-electron chi connectivity index (χ3n) is 4.91. The minimum atomic E-state index is -0.0865. The van der Waals surface area contributed by atoms with Crippen LogP contribution in [0.4, 0.5) is 4.79 Å². The topological polar surface area (TPSA) is 61.9 Å². The van der Waals surface area contributed by atoms with Crippen molar-refractivity contribution >= 4 is 11.9 Å². The fourth-order valence-corrected chi connectivity index (χ4v) is 3.52. The zero-order valence-electron chi connectivity index (χ0n) is 14.9. The third-order valence-corrected chi connectivity index (χ3v) is 4.91. The summed E-state index contributed by atoms with van der Waals surface area (Å²) in [4.78, 5) is 28.8. The van der Waals surface area contributed by atoms with E-state index in [1.165, 1.54) is 5.56 Å². The van der Waals surface area contributed by atoms with Gasteiger partial charge in [-0.25, -0.2) is 4.79 Å². The minimum Gasteiger partial charge on any atom is -0.378 e. The predicted molar refractivity (Wildman–Crippen MR) is 95.1 cm³/mol. The first-order valence-corrected chi connectivity index (χ1v) is 9.08. The minimum absolute atomic E-state index is 0.0824. The molecule has 25 heavy (non-hydrogen) atoms. The maximum Gasteiger partial charge on any atom is 0.317 e. The van der Waals surface area contributed by atoms with E-state index >= 15 is 0 Å². The lowest BCUT2D eigenvalue weighted by Crippen LogP contribution is -2.51. The summed E-state index contributed by atoms with van der Waals surface area (Å²) >= 11 is 0. The highest BCUT2D eigenvalue weighted by Crippen LogP contribution is 2.19. The Balaban J connectivity index is 1.51. The van der Waals surface area contributed by atoms with Crippen molar-refractivity contribution in [1.29, 1.82) is 0 Å². The summed E-state index contributed by atoms with van der Waals surface area (Å²) in [5.74, 6) is 0.0797. The van der Waals surface area contributed by atoms with Crippen molar-refractivity contribution in [3.8, 4) is 0 Å². The number of rotatable bonds is 3. The molecule has 2 saturated heterocycles. The van der Waals surface area contributed by atoms with E-state index in [1.54, 1.807) is 4.90 Å². The molecule has 0 spiro atoms. The van der Waals surface area contributed by atoms with Gasteiger partial charge < -0.3 is 19.9 Å². The van der Waals surface area contributed by atoms with Crippen LogP contribution in [0.15, 0.2) is 24.3 Å². The molecular weight excluding hydrogens is 318 g/mol. The zero-order chi connectivity index (χ0) is 17.6. The molecule has 1 atom stereocenters. The molecule has 0 aliphatic carbocycles. The van der Waals surface area contributed by atoms with Gasteiger partial charge in [-0.1, -0.05) is 29.8 Å². The molecule has 0 radical (unpaired) electrons. The summed E-state index contributed by atoms with van der Waals surface area (Å²) in [7, 11) is 0. The Morgan fingerprint density at radius 2 is 2.00 bits per heavy atom. The first-order valence-electron chi connectivity index (χ1n) is 9.08.